The Hall–Kier alpha value is -3.85. The van der Waals surface area contributed by atoms with Gasteiger partial charge in [-0.25, -0.2) is 8.42 Å². The second-order valence-electron chi connectivity index (χ2n) is 10.3. The highest BCUT2D eigenvalue weighted by Gasteiger charge is 2.35. The van der Waals surface area contributed by atoms with Gasteiger partial charge in [0, 0.05) is 25.0 Å². The quantitative estimate of drug-likeness (QED) is 0.212. The molecule has 43 heavy (non-hydrogen) atoms. The molecular weight excluding hydrogens is 605 g/mol. The largest absolute Gasteiger partial charge is 0.357 e. The van der Waals surface area contributed by atoms with Gasteiger partial charge in [0.15, 0.2) is 0 Å². The van der Waals surface area contributed by atoms with Crippen LogP contribution >= 0.6 is 23.2 Å². The maximum absolute atomic E-state index is 14.4. The van der Waals surface area contributed by atoms with Crippen molar-refractivity contribution >= 4 is 50.7 Å². The molecular formula is C33H33Cl2N3O4S. The van der Waals surface area contributed by atoms with Gasteiger partial charge in [-0.1, -0.05) is 101 Å². The summed E-state index contributed by atoms with van der Waals surface area (Å²) in [6.45, 7) is 3.24. The van der Waals surface area contributed by atoms with Gasteiger partial charge >= 0.3 is 0 Å². The van der Waals surface area contributed by atoms with Crippen molar-refractivity contribution in [1.29, 1.82) is 0 Å². The number of hydrogen-bond donors (Lipinski definition) is 1. The average molecular weight is 639 g/mol. The number of carbonyl (C=O) groups is 2. The molecule has 2 amide bonds. The van der Waals surface area contributed by atoms with Crippen LogP contribution in [0.4, 0.5) is 5.69 Å². The maximum Gasteiger partial charge on any atom is 0.264 e. The zero-order valence-electron chi connectivity index (χ0n) is 24.1. The lowest BCUT2D eigenvalue weighted by molar-refractivity contribution is -0.139. The number of halogens is 2. The Morgan fingerprint density at radius 1 is 0.814 bits per heavy atom. The van der Waals surface area contributed by atoms with E-state index in [9.17, 15) is 18.0 Å². The van der Waals surface area contributed by atoms with Crippen molar-refractivity contribution in [1.82, 2.24) is 10.2 Å². The summed E-state index contributed by atoms with van der Waals surface area (Å²) >= 11 is 12.8. The number of aryl methyl sites for hydroxylation is 2. The zero-order chi connectivity index (χ0) is 31.1. The second-order valence-corrected chi connectivity index (χ2v) is 13.0. The van der Waals surface area contributed by atoms with Gasteiger partial charge in [-0.15, -0.1) is 0 Å². The monoisotopic (exact) mass is 637 g/mol. The summed E-state index contributed by atoms with van der Waals surface area (Å²) in [5.74, 6) is -0.962. The fraction of sp³-hybridized carbons (Fsp3) is 0.212. The highest BCUT2D eigenvalue weighted by molar-refractivity contribution is 7.92. The number of nitrogens with one attached hydrogen (secondary N) is 1. The van der Waals surface area contributed by atoms with E-state index in [4.69, 9.17) is 23.2 Å². The minimum Gasteiger partial charge on any atom is -0.357 e. The van der Waals surface area contributed by atoms with Crippen LogP contribution in [0.1, 0.15) is 22.3 Å². The van der Waals surface area contributed by atoms with Crippen LogP contribution in [0.25, 0.3) is 0 Å². The number of hydrogen-bond acceptors (Lipinski definition) is 4. The van der Waals surface area contributed by atoms with Crippen LogP contribution in [-0.2, 0) is 32.6 Å². The molecule has 0 saturated heterocycles. The van der Waals surface area contributed by atoms with E-state index >= 15 is 0 Å². The minimum absolute atomic E-state index is 0.0145. The number of nitrogens with zero attached hydrogens (tertiary/aromatic N) is 2. The predicted molar refractivity (Wildman–Crippen MR) is 172 cm³/mol. The summed E-state index contributed by atoms with van der Waals surface area (Å²) in [4.78, 5) is 29.1. The molecule has 0 saturated carbocycles. The molecule has 7 nitrogen and oxygen atoms in total. The van der Waals surface area contributed by atoms with Crippen LogP contribution in [0.15, 0.2) is 102 Å². The minimum atomic E-state index is -4.29. The Kier molecular flexibility index (Phi) is 10.5. The molecule has 0 aliphatic carbocycles. The molecule has 4 rings (SSSR count). The lowest BCUT2D eigenvalue weighted by atomic mass is 10.0. The number of anilines is 1. The van der Waals surface area contributed by atoms with Gasteiger partial charge in [-0.2, -0.15) is 0 Å². The topological polar surface area (TPSA) is 86.8 Å². The third-order valence-corrected chi connectivity index (χ3v) is 9.35. The molecule has 0 aliphatic heterocycles. The molecule has 0 heterocycles. The number of carbonyl (C=O) groups excluding carboxylic acids is 2. The van der Waals surface area contributed by atoms with Crippen LogP contribution in [0.3, 0.4) is 0 Å². The van der Waals surface area contributed by atoms with Gasteiger partial charge in [0.1, 0.15) is 12.6 Å². The average Bonchev–Trinajstić information content (AvgIpc) is 2.99. The third kappa shape index (κ3) is 7.96. The maximum atomic E-state index is 14.4. The lowest BCUT2D eigenvalue weighted by Gasteiger charge is -2.34. The fourth-order valence-electron chi connectivity index (χ4n) is 4.76. The van der Waals surface area contributed by atoms with Crippen molar-refractivity contribution in [2.45, 2.75) is 37.8 Å². The smallest absolute Gasteiger partial charge is 0.264 e. The van der Waals surface area contributed by atoms with Gasteiger partial charge < -0.3 is 10.2 Å². The molecule has 4 aromatic carbocycles. The number of likely N-dealkylation sites (N-methyl/N-ethyl adjacent to an activating group) is 1. The molecule has 0 aromatic heterocycles. The summed E-state index contributed by atoms with van der Waals surface area (Å²) in [6, 6.07) is 26.8. The molecule has 4 aromatic rings. The van der Waals surface area contributed by atoms with Crippen molar-refractivity contribution in [2.24, 2.45) is 0 Å². The van der Waals surface area contributed by atoms with E-state index in [1.165, 1.54) is 42.3 Å². The Bertz CT molecular complexity index is 1700. The molecule has 224 valence electrons. The van der Waals surface area contributed by atoms with E-state index in [-0.39, 0.29) is 39.5 Å². The van der Waals surface area contributed by atoms with Crippen molar-refractivity contribution in [3.05, 3.63) is 129 Å². The third-order valence-electron chi connectivity index (χ3n) is 7.02. The first-order valence-electron chi connectivity index (χ1n) is 13.6. The van der Waals surface area contributed by atoms with Crippen molar-refractivity contribution in [2.75, 3.05) is 17.9 Å². The van der Waals surface area contributed by atoms with Crippen LogP contribution in [0.5, 0.6) is 0 Å². The molecule has 0 radical (unpaired) electrons. The lowest BCUT2D eigenvalue weighted by Crippen LogP contribution is -2.53. The zero-order valence-corrected chi connectivity index (χ0v) is 26.5. The van der Waals surface area contributed by atoms with Crippen LogP contribution in [0.2, 0.25) is 10.0 Å². The SMILES string of the molecule is CNC(=O)C(Cc1ccccc1)N(Cc1cccc(C)c1)C(=O)CN(c1cc(Cl)ccc1Cl)S(=O)(=O)c1ccc(C)cc1. The van der Waals surface area contributed by atoms with Gasteiger partial charge in [0.2, 0.25) is 11.8 Å². The molecule has 1 unspecified atom stereocenters. The molecule has 1 atom stereocenters. The van der Waals surface area contributed by atoms with Crippen molar-refractivity contribution < 1.29 is 18.0 Å². The van der Waals surface area contributed by atoms with E-state index in [1.54, 1.807) is 12.1 Å². The highest BCUT2D eigenvalue weighted by atomic mass is 35.5. The first-order valence-corrected chi connectivity index (χ1v) is 15.8. The van der Waals surface area contributed by atoms with E-state index in [1.807, 2.05) is 68.4 Å². The molecule has 1 N–H and O–H groups in total. The van der Waals surface area contributed by atoms with Gasteiger partial charge in [-0.05, 0) is 55.3 Å². The summed E-state index contributed by atoms with van der Waals surface area (Å²) in [7, 11) is -2.78. The molecule has 0 aliphatic rings. The first kappa shape index (κ1) is 32.1. The fourth-order valence-corrected chi connectivity index (χ4v) is 6.62. The second kappa shape index (κ2) is 14.1. The molecule has 0 spiro atoms. The molecule has 0 fully saturated rings. The Morgan fingerprint density at radius 2 is 1.49 bits per heavy atom. The number of amides is 2. The van der Waals surface area contributed by atoms with Crippen LogP contribution in [-0.4, -0.2) is 44.8 Å². The van der Waals surface area contributed by atoms with Crippen molar-refractivity contribution in [3.63, 3.8) is 0 Å². The van der Waals surface area contributed by atoms with Gasteiger partial charge in [-0.3, -0.25) is 13.9 Å². The Balaban J connectivity index is 1.82. The molecule has 10 heteroatoms. The van der Waals surface area contributed by atoms with Gasteiger partial charge in [0.25, 0.3) is 10.0 Å². The summed E-state index contributed by atoms with van der Waals surface area (Å²) in [5, 5.41) is 3.03. The number of benzene rings is 4. The van der Waals surface area contributed by atoms with Crippen LogP contribution in [0, 0.1) is 13.8 Å². The molecule has 0 bridgehead atoms. The van der Waals surface area contributed by atoms with Gasteiger partial charge in [0.05, 0.1) is 15.6 Å². The van der Waals surface area contributed by atoms with E-state index in [0.717, 1.165) is 26.6 Å². The summed E-state index contributed by atoms with van der Waals surface area (Å²) in [5.41, 5.74) is 3.56. The first-order chi connectivity index (χ1) is 20.5. The Morgan fingerprint density at radius 3 is 2.14 bits per heavy atom. The van der Waals surface area contributed by atoms with Crippen LogP contribution < -0.4 is 9.62 Å². The van der Waals surface area contributed by atoms with E-state index in [0.29, 0.717) is 0 Å². The Labute approximate surface area is 263 Å². The predicted octanol–water partition coefficient (Wildman–Crippen LogP) is 6.19. The highest BCUT2D eigenvalue weighted by Crippen LogP contribution is 2.33. The standard InChI is InChI=1S/C33H33Cl2N3O4S/c1-23-12-15-28(16-13-23)43(41,42)38(30-20-27(34)14-17-29(30)35)22-32(39)37(21-26-11-7-8-24(2)18-26)31(33(40)36-3)19-25-9-5-4-6-10-25/h4-18,20,31H,19,21-22H2,1-3H3,(H,36,40). The summed E-state index contributed by atoms with van der Waals surface area (Å²) in [6.07, 6.45) is 0.223. The number of rotatable bonds is 11. The van der Waals surface area contributed by atoms with E-state index in [2.05, 4.69) is 5.32 Å². The van der Waals surface area contributed by atoms with Crippen molar-refractivity contribution in [3.8, 4) is 0 Å². The summed E-state index contributed by atoms with van der Waals surface area (Å²) < 4.78 is 29.1. The number of sulfonamides is 1. The van der Waals surface area contributed by atoms with E-state index < -0.39 is 28.5 Å². The normalized spacial score (nSPS) is 11.9.